The Kier molecular flexibility index (Phi) is 2.18. The van der Waals surface area contributed by atoms with Crippen LogP contribution in [0.5, 0.6) is 11.5 Å². The van der Waals surface area contributed by atoms with Crippen LogP contribution >= 0.6 is 0 Å². The molecule has 0 radical (unpaired) electrons. The van der Waals surface area contributed by atoms with Gasteiger partial charge in [-0.3, -0.25) is 5.84 Å². The number of para-hydroxylation sites is 1. The van der Waals surface area contributed by atoms with Crippen LogP contribution < -0.4 is 16.0 Å². The van der Waals surface area contributed by atoms with Crippen molar-refractivity contribution in [2.24, 2.45) is 5.84 Å². The van der Waals surface area contributed by atoms with E-state index in [0.717, 1.165) is 0 Å². The van der Waals surface area contributed by atoms with Crippen molar-refractivity contribution in [3.8, 4) is 11.5 Å². The van der Waals surface area contributed by atoms with Gasteiger partial charge in [0, 0.05) is 0 Å². The Labute approximate surface area is 64.6 Å². The lowest BCUT2D eigenvalue weighted by molar-refractivity contribution is 0.374. The van der Waals surface area contributed by atoms with E-state index < -0.39 is 0 Å². The van der Waals surface area contributed by atoms with E-state index >= 15 is 0 Å². The van der Waals surface area contributed by atoms with Gasteiger partial charge in [0.15, 0.2) is 11.5 Å². The molecule has 4 nitrogen and oxygen atoms in total. The predicted molar refractivity (Wildman–Crippen MR) is 42.5 cm³/mol. The number of phenols is 1. The molecule has 60 valence electrons. The molecule has 0 amide bonds. The molecule has 0 aliphatic carbocycles. The molecule has 0 aromatic heterocycles. The first-order valence-electron chi connectivity index (χ1n) is 3.12. The Hall–Kier alpha value is -1.42. The van der Waals surface area contributed by atoms with Gasteiger partial charge < -0.3 is 15.3 Å². The highest BCUT2D eigenvalue weighted by molar-refractivity contribution is 5.61. The first-order valence-corrected chi connectivity index (χ1v) is 3.12. The third-order valence-corrected chi connectivity index (χ3v) is 1.37. The quantitative estimate of drug-likeness (QED) is 0.333. The number of nitrogens with two attached hydrogens (primary N) is 1. The molecule has 1 aromatic rings. The average molecular weight is 154 g/mol. The summed E-state index contributed by atoms with van der Waals surface area (Å²) >= 11 is 0. The smallest absolute Gasteiger partial charge is 0.182 e. The van der Waals surface area contributed by atoms with Gasteiger partial charge in [-0.05, 0) is 12.1 Å². The number of aromatic hydroxyl groups is 1. The number of hydrogen-bond acceptors (Lipinski definition) is 4. The van der Waals surface area contributed by atoms with Crippen LogP contribution in [0.3, 0.4) is 0 Å². The fourth-order valence-electron chi connectivity index (χ4n) is 0.804. The van der Waals surface area contributed by atoms with Gasteiger partial charge in [0.05, 0.1) is 12.8 Å². The molecule has 0 saturated heterocycles. The van der Waals surface area contributed by atoms with E-state index in [1.165, 1.54) is 7.11 Å². The summed E-state index contributed by atoms with van der Waals surface area (Å²) in [4.78, 5) is 0. The summed E-state index contributed by atoms with van der Waals surface area (Å²) in [6.45, 7) is 0. The summed E-state index contributed by atoms with van der Waals surface area (Å²) in [7, 11) is 1.48. The third kappa shape index (κ3) is 1.35. The summed E-state index contributed by atoms with van der Waals surface area (Å²) in [6, 6.07) is 5.03. The number of nitrogen functional groups attached to an aromatic ring is 1. The maximum Gasteiger partial charge on any atom is 0.182 e. The van der Waals surface area contributed by atoms with Crippen molar-refractivity contribution in [2.45, 2.75) is 0 Å². The Bertz CT molecular complexity index is 228. The molecule has 0 aliphatic rings. The van der Waals surface area contributed by atoms with Crippen LogP contribution in [0.15, 0.2) is 18.2 Å². The van der Waals surface area contributed by atoms with Crippen LogP contribution in [0.1, 0.15) is 0 Å². The Morgan fingerprint density at radius 1 is 1.55 bits per heavy atom. The lowest BCUT2D eigenvalue weighted by Crippen LogP contribution is -2.06. The normalized spacial score (nSPS) is 9.27. The molecule has 1 rings (SSSR count). The average Bonchev–Trinajstić information content (AvgIpc) is 2.05. The summed E-state index contributed by atoms with van der Waals surface area (Å²) in [5, 5.41) is 9.32. The predicted octanol–water partition coefficient (Wildman–Crippen LogP) is 0.686. The molecule has 0 atom stereocenters. The highest BCUT2D eigenvalue weighted by Gasteiger charge is 2.03. The Balaban J connectivity index is 3.10. The molecule has 0 spiro atoms. The van der Waals surface area contributed by atoms with Crippen molar-refractivity contribution in [1.82, 2.24) is 0 Å². The second-order valence-corrected chi connectivity index (χ2v) is 2.00. The first-order chi connectivity index (χ1) is 5.29. The number of hydrazine groups is 1. The highest BCUT2D eigenvalue weighted by Crippen LogP contribution is 2.32. The number of nitrogens with one attached hydrogen (secondary N) is 1. The second-order valence-electron chi connectivity index (χ2n) is 2.00. The molecule has 4 heteroatoms. The zero-order valence-corrected chi connectivity index (χ0v) is 6.16. The van der Waals surface area contributed by atoms with Crippen LogP contribution in [-0.2, 0) is 0 Å². The van der Waals surface area contributed by atoms with E-state index in [1.54, 1.807) is 18.2 Å². The minimum Gasteiger partial charge on any atom is -0.503 e. The van der Waals surface area contributed by atoms with Crippen LogP contribution in [-0.4, -0.2) is 12.2 Å². The van der Waals surface area contributed by atoms with Crippen LogP contribution in [0.4, 0.5) is 5.69 Å². The van der Waals surface area contributed by atoms with Gasteiger partial charge in [0.25, 0.3) is 0 Å². The van der Waals surface area contributed by atoms with Gasteiger partial charge in [-0.25, -0.2) is 0 Å². The van der Waals surface area contributed by atoms with Gasteiger partial charge >= 0.3 is 0 Å². The van der Waals surface area contributed by atoms with Gasteiger partial charge in [0.1, 0.15) is 0 Å². The maximum atomic E-state index is 9.32. The molecule has 1 aromatic carbocycles. The molecule has 4 N–H and O–H groups in total. The van der Waals surface area contributed by atoms with Crippen molar-refractivity contribution >= 4 is 5.69 Å². The topological polar surface area (TPSA) is 67.5 Å². The van der Waals surface area contributed by atoms with Crippen molar-refractivity contribution in [1.29, 1.82) is 0 Å². The Morgan fingerprint density at radius 2 is 2.27 bits per heavy atom. The molecule has 0 saturated carbocycles. The van der Waals surface area contributed by atoms with Gasteiger partial charge in [-0.1, -0.05) is 6.07 Å². The third-order valence-electron chi connectivity index (χ3n) is 1.37. The van der Waals surface area contributed by atoms with Crippen LogP contribution in [0.25, 0.3) is 0 Å². The summed E-state index contributed by atoms with van der Waals surface area (Å²) in [6.07, 6.45) is 0. The standard InChI is InChI=1S/C7H10N2O2/c1-11-6-4-2-3-5(9-8)7(6)10/h2-4,9-10H,8H2,1H3. The fourth-order valence-corrected chi connectivity index (χ4v) is 0.804. The summed E-state index contributed by atoms with van der Waals surface area (Å²) in [5.41, 5.74) is 2.79. The zero-order chi connectivity index (χ0) is 8.27. The monoisotopic (exact) mass is 154 g/mol. The van der Waals surface area contributed by atoms with Crippen molar-refractivity contribution < 1.29 is 9.84 Å². The van der Waals surface area contributed by atoms with Crippen molar-refractivity contribution in [2.75, 3.05) is 12.5 Å². The highest BCUT2D eigenvalue weighted by atomic mass is 16.5. The molecule has 0 bridgehead atoms. The summed E-state index contributed by atoms with van der Waals surface area (Å²) in [5.74, 6) is 5.54. The number of hydrogen-bond donors (Lipinski definition) is 3. The number of phenolic OH excluding ortho intramolecular Hbond substituents is 1. The molecule has 0 aliphatic heterocycles. The molecular weight excluding hydrogens is 144 g/mol. The minimum atomic E-state index is 0.0255. The Morgan fingerprint density at radius 3 is 2.82 bits per heavy atom. The second kappa shape index (κ2) is 3.12. The number of ether oxygens (including phenoxy) is 1. The lowest BCUT2D eigenvalue weighted by Gasteiger charge is -2.06. The van der Waals surface area contributed by atoms with E-state index in [0.29, 0.717) is 11.4 Å². The molecule has 0 heterocycles. The van der Waals surface area contributed by atoms with Crippen LogP contribution in [0, 0.1) is 0 Å². The van der Waals surface area contributed by atoms with Gasteiger partial charge in [0.2, 0.25) is 0 Å². The fraction of sp³-hybridized carbons (Fsp3) is 0.143. The number of methoxy groups -OCH3 is 1. The first kappa shape index (κ1) is 7.68. The minimum absolute atomic E-state index is 0.0255. The summed E-state index contributed by atoms with van der Waals surface area (Å²) < 4.78 is 4.84. The van der Waals surface area contributed by atoms with Gasteiger partial charge in [-0.15, -0.1) is 0 Å². The largest absolute Gasteiger partial charge is 0.503 e. The van der Waals surface area contributed by atoms with Gasteiger partial charge in [-0.2, -0.15) is 0 Å². The van der Waals surface area contributed by atoms with Crippen LogP contribution in [0.2, 0.25) is 0 Å². The number of rotatable bonds is 2. The van der Waals surface area contributed by atoms with E-state index in [-0.39, 0.29) is 5.75 Å². The maximum absolute atomic E-state index is 9.32. The van der Waals surface area contributed by atoms with Crippen molar-refractivity contribution in [3.05, 3.63) is 18.2 Å². The van der Waals surface area contributed by atoms with E-state index in [9.17, 15) is 5.11 Å². The van der Waals surface area contributed by atoms with E-state index in [2.05, 4.69) is 5.43 Å². The SMILES string of the molecule is COc1cccc(NN)c1O. The van der Waals surface area contributed by atoms with E-state index in [1.807, 2.05) is 0 Å². The molecular formula is C7H10N2O2. The molecule has 11 heavy (non-hydrogen) atoms. The van der Waals surface area contributed by atoms with Crippen molar-refractivity contribution in [3.63, 3.8) is 0 Å². The molecule has 0 unspecified atom stereocenters. The molecule has 0 fully saturated rings. The number of benzene rings is 1. The zero-order valence-electron chi connectivity index (χ0n) is 6.16. The van der Waals surface area contributed by atoms with E-state index in [4.69, 9.17) is 10.6 Å². The lowest BCUT2D eigenvalue weighted by atomic mass is 10.3. The number of anilines is 1.